The second kappa shape index (κ2) is 6.48. The molecule has 0 saturated heterocycles. The molecule has 0 fully saturated rings. The number of carbonyl (C=O) groups excluding carboxylic acids is 1. The van der Waals surface area contributed by atoms with Gasteiger partial charge in [-0.25, -0.2) is 0 Å². The summed E-state index contributed by atoms with van der Waals surface area (Å²) in [5, 5.41) is 15.0. The molecule has 0 bridgehead atoms. The molecule has 1 aromatic heterocycles. The number of tetrazole rings is 1. The maximum Gasteiger partial charge on any atom is 0.233 e. The van der Waals surface area contributed by atoms with E-state index in [0.29, 0.717) is 5.16 Å². The number of carbonyl (C=O) groups is 1. The molecule has 1 amide bonds. The van der Waals surface area contributed by atoms with Gasteiger partial charge in [0.25, 0.3) is 0 Å². The van der Waals surface area contributed by atoms with Crippen molar-refractivity contribution in [3.05, 3.63) is 29.8 Å². The summed E-state index contributed by atoms with van der Waals surface area (Å²) < 4.78 is 1.64. The minimum atomic E-state index is -0.283. The maximum atomic E-state index is 12.2. The van der Waals surface area contributed by atoms with E-state index in [1.807, 2.05) is 58.9 Å². The van der Waals surface area contributed by atoms with Gasteiger partial charge in [0.1, 0.15) is 0 Å². The number of rotatable bonds is 4. The third-order valence-corrected chi connectivity index (χ3v) is 3.90. The molecule has 7 heteroatoms. The van der Waals surface area contributed by atoms with E-state index in [4.69, 9.17) is 0 Å². The highest BCUT2D eigenvalue weighted by atomic mass is 32.2. The quantitative estimate of drug-likeness (QED) is 0.876. The van der Waals surface area contributed by atoms with Crippen molar-refractivity contribution < 1.29 is 4.79 Å². The van der Waals surface area contributed by atoms with Crippen molar-refractivity contribution in [2.45, 2.75) is 50.6 Å². The molecule has 6 nitrogen and oxygen atoms in total. The van der Waals surface area contributed by atoms with Crippen LogP contribution in [-0.4, -0.2) is 36.9 Å². The van der Waals surface area contributed by atoms with Crippen LogP contribution in [0.4, 0.5) is 0 Å². The van der Waals surface area contributed by atoms with Gasteiger partial charge in [-0.2, -0.15) is 4.68 Å². The van der Waals surface area contributed by atoms with Gasteiger partial charge in [-0.1, -0.05) is 29.5 Å². The van der Waals surface area contributed by atoms with Crippen LogP contribution in [0.3, 0.4) is 0 Å². The van der Waals surface area contributed by atoms with E-state index in [1.54, 1.807) is 4.68 Å². The zero-order chi connectivity index (χ0) is 16.3. The second-order valence-corrected chi connectivity index (χ2v) is 7.52. The van der Waals surface area contributed by atoms with Crippen LogP contribution >= 0.6 is 11.8 Å². The average molecular weight is 319 g/mol. The molecule has 0 aliphatic carbocycles. The Morgan fingerprint density at radius 2 is 1.91 bits per heavy atom. The Bertz CT molecular complexity index is 645. The zero-order valence-corrected chi connectivity index (χ0v) is 14.3. The first-order chi connectivity index (χ1) is 10.3. The fourth-order valence-electron chi connectivity index (χ4n) is 1.78. The van der Waals surface area contributed by atoms with E-state index in [1.165, 1.54) is 17.3 Å². The predicted molar refractivity (Wildman–Crippen MR) is 87.1 cm³/mol. The Morgan fingerprint density at radius 1 is 1.27 bits per heavy atom. The van der Waals surface area contributed by atoms with Crippen LogP contribution in [-0.2, 0) is 4.79 Å². The molecule has 0 spiro atoms. The molecule has 1 unspecified atom stereocenters. The number of aryl methyl sites for hydroxylation is 1. The Labute approximate surface area is 134 Å². The molecule has 2 aromatic rings. The van der Waals surface area contributed by atoms with Crippen LogP contribution in [0.15, 0.2) is 29.4 Å². The number of aromatic nitrogens is 4. The highest BCUT2D eigenvalue weighted by molar-refractivity contribution is 8.00. The van der Waals surface area contributed by atoms with Gasteiger partial charge in [0.2, 0.25) is 11.1 Å². The van der Waals surface area contributed by atoms with Crippen LogP contribution in [0.5, 0.6) is 0 Å². The van der Waals surface area contributed by atoms with Crippen LogP contribution in [0.25, 0.3) is 5.69 Å². The largest absolute Gasteiger partial charge is 0.351 e. The molecule has 0 aliphatic heterocycles. The Kier molecular flexibility index (Phi) is 4.85. The summed E-state index contributed by atoms with van der Waals surface area (Å²) in [6, 6.07) is 7.91. The Balaban J connectivity index is 2.13. The van der Waals surface area contributed by atoms with E-state index < -0.39 is 0 Å². The zero-order valence-electron chi connectivity index (χ0n) is 13.5. The van der Waals surface area contributed by atoms with Crippen LogP contribution in [0.2, 0.25) is 0 Å². The normalized spacial score (nSPS) is 13.0. The van der Waals surface area contributed by atoms with Crippen LogP contribution < -0.4 is 5.32 Å². The number of nitrogens with one attached hydrogen (secondary N) is 1. The van der Waals surface area contributed by atoms with Crippen molar-refractivity contribution in [2.75, 3.05) is 0 Å². The van der Waals surface area contributed by atoms with Gasteiger partial charge < -0.3 is 5.32 Å². The molecule has 1 aromatic carbocycles. The van der Waals surface area contributed by atoms with Crippen molar-refractivity contribution in [1.82, 2.24) is 25.5 Å². The summed E-state index contributed by atoms with van der Waals surface area (Å²) in [5.41, 5.74) is 1.79. The summed E-state index contributed by atoms with van der Waals surface area (Å²) in [4.78, 5) is 12.2. The summed E-state index contributed by atoms with van der Waals surface area (Å²) in [5.74, 6) is -0.0315. The highest BCUT2D eigenvalue weighted by Crippen LogP contribution is 2.23. The molecule has 0 saturated carbocycles. The lowest BCUT2D eigenvalue weighted by molar-refractivity contribution is -0.121. The molecular formula is C15H21N5OS. The Morgan fingerprint density at radius 3 is 2.50 bits per heavy atom. The first-order valence-electron chi connectivity index (χ1n) is 7.10. The minimum absolute atomic E-state index is 0.0315. The number of nitrogens with zero attached hydrogens (tertiary/aromatic N) is 4. The third-order valence-electron chi connectivity index (χ3n) is 2.87. The SMILES string of the molecule is Cc1ccc(-n2nnnc2SC(C)C(=O)NC(C)(C)C)cc1. The summed E-state index contributed by atoms with van der Waals surface area (Å²) in [7, 11) is 0. The smallest absolute Gasteiger partial charge is 0.233 e. The molecule has 1 heterocycles. The maximum absolute atomic E-state index is 12.2. The lowest BCUT2D eigenvalue weighted by atomic mass is 10.1. The number of benzene rings is 1. The molecule has 0 aliphatic rings. The van der Waals surface area contributed by atoms with Gasteiger partial charge in [0, 0.05) is 5.54 Å². The average Bonchev–Trinajstić information content (AvgIpc) is 2.85. The van der Waals surface area contributed by atoms with Crippen LogP contribution in [0, 0.1) is 6.92 Å². The predicted octanol–water partition coefficient (Wildman–Crippen LogP) is 2.37. The lowest BCUT2D eigenvalue weighted by Crippen LogP contribution is -2.44. The second-order valence-electron chi connectivity index (χ2n) is 6.21. The standard InChI is InChI=1S/C15H21N5OS/c1-10-6-8-12(9-7-10)20-14(17-18-19-20)22-11(2)13(21)16-15(3,4)5/h6-9,11H,1-5H3,(H,16,21). The molecule has 22 heavy (non-hydrogen) atoms. The summed E-state index contributed by atoms with van der Waals surface area (Å²) in [6.45, 7) is 9.74. The monoisotopic (exact) mass is 319 g/mol. The summed E-state index contributed by atoms with van der Waals surface area (Å²) >= 11 is 1.34. The molecule has 2 rings (SSSR count). The van der Waals surface area contributed by atoms with Crippen molar-refractivity contribution in [3.8, 4) is 5.69 Å². The van der Waals surface area contributed by atoms with Gasteiger partial charge in [-0.3, -0.25) is 4.79 Å². The molecule has 118 valence electrons. The fourth-order valence-corrected chi connectivity index (χ4v) is 2.59. The van der Waals surface area contributed by atoms with E-state index in [9.17, 15) is 4.79 Å². The van der Waals surface area contributed by atoms with Crippen molar-refractivity contribution >= 4 is 17.7 Å². The number of hydrogen-bond acceptors (Lipinski definition) is 5. The molecule has 0 radical (unpaired) electrons. The van der Waals surface area contributed by atoms with Crippen molar-refractivity contribution in [1.29, 1.82) is 0 Å². The van der Waals surface area contributed by atoms with E-state index in [-0.39, 0.29) is 16.7 Å². The molecular weight excluding hydrogens is 298 g/mol. The van der Waals surface area contributed by atoms with Gasteiger partial charge in [0.05, 0.1) is 10.9 Å². The molecule has 1 atom stereocenters. The topological polar surface area (TPSA) is 72.7 Å². The first kappa shape index (κ1) is 16.5. The Hall–Kier alpha value is -1.89. The fraction of sp³-hybridized carbons (Fsp3) is 0.467. The van der Waals surface area contributed by atoms with Crippen molar-refractivity contribution in [2.24, 2.45) is 0 Å². The highest BCUT2D eigenvalue weighted by Gasteiger charge is 2.22. The minimum Gasteiger partial charge on any atom is -0.351 e. The van der Waals surface area contributed by atoms with Gasteiger partial charge >= 0.3 is 0 Å². The number of thioether (sulfide) groups is 1. The van der Waals surface area contributed by atoms with Gasteiger partial charge in [-0.05, 0) is 57.2 Å². The van der Waals surface area contributed by atoms with Gasteiger partial charge in [0.15, 0.2) is 0 Å². The van der Waals surface area contributed by atoms with E-state index >= 15 is 0 Å². The van der Waals surface area contributed by atoms with Crippen LogP contribution in [0.1, 0.15) is 33.3 Å². The summed E-state index contributed by atoms with van der Waals surface area (Å²) in [6.07, 6.45) is 0. The first-order valence-corrected chi connectivity index (χ1v) is 7.98. The van der Waals surface area contributed by atoms with E-state index in [0.717, 1.165) is 5.69 Å². The van der Waals surface area contributed by atoms with Gasteiger partial charge in [-0.15, -0.1) is 5.10 Å². The third kappa shape index (κ3) is 4.30. The molecule has 1 N–H and O–H groups in total. The lowest BCUT2D eigenvalue weighted by Gasteiger charge is -2.22. The van der Waals surface area contributed by atoms with E-state index in [2.05, 4.69) is 20.8 Å². The number of hydrogen-bond donors (Lipinski definition) is 1. The van der Waals surface area contributed by atoms with Crippen molar-refractivity contribution in [3.63, 3.8) is 0 Å². The number of amides is 1.